The van der Waals surface area contributed by atoms with Gasteiger partial charge in [-0.3, -0.25) is 9.69 Å². The van der Waals surface area contributed by atoms with E-state index in [0.717, 1.165) is 63.5 Å². The number of piperazine rings is 1. The van der Waals surface area contributed by atoms with Crippen LogP contribution in [0.5, 0.6) is 0 Å². The molecule has 142 valence electrons. The maximum Gasteiger partial charge on any atom is 0.241 e. The summed E-state index contributed by atoms with van der Waals surface area (Å²) in [5.74, 6) is 1.85. The van der Waals surface area contributed by atoms with Crippen LogP contribution in [-0.2, 0) is 11.3 Å². The van der Waals surface area contributed by atoms with Gasteiger partial charge in [0.1, 0.15) is 5.82 Å². The SMILES string of the molecule is O=C([C@@H]1CN(Cc2cnc(C3CCCCC3)nc2)CCN1)N1CCCC1. The number of carbonyl (C=O) groups is 1. The van der Waals surface area contributed by atoms with E-state index in [0.29, 0.717) is 5.92 Å². The lowest BCUT2D eigenvalue weighted by molar-refractivity contribution is -0.133. The molecule has 1 aliphatic carbocycles. The summed E-state index contributed by atoms with van der Waals surface area (Å²) in [7, 11) is 0. The van der Waals surface area contributed by atoms with Gasteiger partial charge < -0.3 is 10.2 Å². The van der Waals surface area contributed by atoms with Gasteiger partial charge in [0, 0.05) is 63.1 Å². The highest BCUT2D eigenvalue weighted by molar-refractivity contribution is 5.82. The number of carbonyl (C=O) groups excluding carboxylic acids is 1. The average Bonchev–Trinajstić information content (AvgIpc) is 3.24. The van der Waals surface area contributed by atoms with Crippen LogP contribution in [0.3, 0.4) is 0 Å². The summed E-state index contributed by atoms with van der Waals surface area (Å²) < 4.78 is 0. The van der Waals surface area contributed by atoms with Crippen molar-refractivity contribution in [3.8, 4) is 0 Å². The van der Waals surface area contributed by atoms with E-state index in [4.69, 9.17) is 0 Å². The minimum Gasteiger partial charge on any atom is -0.341 e. The summed E-state index contributed by atoms with van der Waals surface area (Å²) in [4.78, 5) is 26.3. The number of aromatic nitrogens is 2. The molecule has 0 radical (unpaired) electrons. The van der Waals surface area contributed by atoms with Crippen LogP contribution < -0.4 is 5.32 Å². The third kappa shape index (κ3) is 4.23. The fourth-order valence-electron chi connectivity index (χ4n) is 4.55. The third-order valence-corrected chi connectivity index (χ3v) is 6.08. The van der Waals surface area contributed by atoms with Gasteiger partial charge in [-0.2, -0.15) is 0 Å². The fourth-order valence-corrected chi connectivity index (χ4v) is 4.55. The van der Waals surface area contributed by atoms with Gasteiger partial charge in [0.25, 0.3) is 0 Å². The van der Waals surface area contributed by atoms with Crippen LogP contribution >= 0.6 is 0 Å². The zero-order valence-electron chi connectivity index (χ0n) is 15.7. The highest BCUT2D eigenvalue weighted by atomic mass is 16.2. The predicted octanol–water partition coefficient (Wildman–Crippen LogP) is 1.92. The first kappa shape index (κ1) is 17.9. The van der Waals surface area contributed by atoms with E-state index in [2.05, 4.69) is 20.2 Å². The summed E-state index contributed by atoms with van der Waals surface area (Å²) in [6.45, 7) is 5.29. The second-order valence-corrected chi connectivity index (χ2v) is 8.06. The van der Waals surface area contributed by atoms with Crippen LogP contribution in [0.4, 0.5) is 0 Å². The van der Waals surface area contributed by atoms with E-state index >= 15 is 0 Å². The summed E-state index contributed by atoms with van der Waals surface area (Å²) in [6.07, 6.45) is 12.7. The maximum atomic E-state index is 12.6. The largest absolute Gasteiger partial charge is 0.341 e. The van der Waals surface area contributed by atoms with Crippen molar-refractivity contribution < 1.29 is 4.79 Å². The molecular formula is C20H31N5O. The molecule has 6 heteroatoms. The van der Waals surface area contributed by atoms with E-state index < -0.39 is 0 Å². The molecule has 1 amide bonds. The van der Waals surface area contributed by atoms with Crippen molar-refractivity contribution in [2.45, 2.75) is 63.5 Å². The Morgan fingerprint density at radius 3 is 2.50 bits per heavy atom. The van der Waals surface area contributed by atoms with Crippen molar-refractivity contribution in [3.63, 3.8) is 0 Å². The molecule has 2 saturated heterocycles. The Balaban J connectivity index is 1.32. The molecule has 1 aromatic heterocycles. The zero-order valence-corrected chi connectivity index (χ0v) is 15.7. The summed E-state index contributed by atoms with van der Waals surface area (Å²) in [6, 6.07) is -0.0655. The van der Waals surface area contributed by atoms with Crippen LogP contribution in [0.2, 0.25) is 0 Å². The molecule has 0 unspecified atom stereocenters. The first-order valence-electron chi connectivity index (χ1n) is 10.3. The number of hydrogen-bond donors (Lipinski definition) is 1. The van der Waals surface area contributed by atoms with E-state index in [9.17, 15) is 4.79 Å². The molecule has 0 bridgehead atoms. The van der Waals surface area contributed by atoms with Gasteiger partial charge in [-0.25, -0.2) is 9.97 Å². The Hall–Kier alpha value is -1.53. The Labute approximate surface area is 156 Å². The molecule has 1 saturated carbocycles. The van der Waals surface area contributed by atoms with Crippen LogP contribution in [0.1, 0.15) is 62.3 Å². The van der Waals surface area contributed by atoms with Crippen LogP contribution in [0, 0.1) is 0 Å². The lowest BCUT2D eigenvalue weighted by Gasteiger charge is -2.34. The van der Waals surface area contributed by atoms with Gasteiger partial charge in [-0.15, -0.1) is 0 Å². The fraction of sp³-hybridized carbons (Fsp3) is 0.750. The lowest BCUT2D eigenvalue weighted by Crippen LogP contribution is -2.57. The molecular weight excluding hydrogens is 326 g/mol. The minimum atomic E-state index is -0.0655. The molecule has 3 aliphatic rings. The van der Waals surface area contributed by atoms with E-state index in [1.54, 1.807) is 0 Å². The Morgan fingerprint density at radius 1 is 1.04 bits per heavy atom. The smallest absolute Gasteiger partial charge is 0.241 e. The molecule has 1 atom stereocenters. The molecule has 6 nitrogen and oxygen atoms in total. The van der Waals surface area contributed by atoms with Crippen LogP contribution in [0.25, 0.3) is 0 Å². The topological polar surface area (TPSA) is 61.4 Å². The second kappa shape index (κ2) is 8.44. The quantitative estimate of drug-likeness (QED) is 0.892. The number of rotatable bonds is 4. The zero-order chi connectivity index (χ0) is 17.8. The van der Waals surface area contributed by atoms with Crippen LogP contribution in [0.15, 0.2) is 12.4 Å². The molecule has 3 heterocycles. The van der Waals surface area contributed by atoms with Crippen LogP contribution in [-0.4, -0.2) is 64.4 Å². The Bertz CT molecular complexity index is 593. The van der Waals surface area contributed by atoms with Crippen molar-refractivity contribution >= 4 is 5.91 Å². The molecule has 26 heavy (non-hydrogen) atoms. The molecule has 0 aromatic carbocycles. The summed E-state index contributed by atoms with van der Waals surface area (Å²) in [5.41, 5.74) is 1.15. The van der Waals surface area contributed by atoms with Gasteiger partial charge in [0.15, 0.2) is 0 Å². The summed E-state index contributed by atoms with van der Waals surface area (Å²) >= 11 is 0. The average molecular weight is 358 g/mol. The van der Waals surface area contributed by atoms with Gasteiger partial charge in [0.05, 0.1) is 6.04 Å². The van der Waals surface area contributed by atoms with E-state index in [1.165, 1.54) is 32.1 Å². The monoisotopic (exact) mass is 357 g/mol. The molecule has 0 spiro atoms. The van der Waals surface area contributed by atoms with E-state index in [-0.39, 0.29) is 11.9 Å². The number of likely N-dealkylation sites (tertiary alicyclic amines) is 1. The van der Waals surface area contributed by atoms with E-state index in [1.807, 2.05) is 17.3 Å². The Kier molecular flexibility index (Phi) is 5.80. The summed E-state index contributed by atoms with van der Waals surface area (Å²) in [5, 5.41) is 3.40. The van der Waals surface area contributed by atoms with Crippen molar-refractivity contribution in [2.75, 3.05) is 32.7 Å². The standard InChI is InChI=1S/C20H31N5O/c26-20(25-9-4-5-10-25)18-15-24(11-8-21-18)14-16-12-22-19(23-13-16)17-6-2-1-3-7-17/h12-13,17-18,21H,1-11,14-15H2/t18-/m0/s1. The predicted molar refractivity (Wildman–Crippen MR) is 101 cm³/mol. The Morgan fingerprint density at radius 2 is 1.77 bits per heavy atom. The first-order valence-corrected chi connectivity index (χ1v) is 10.3. The van der Waals surface area contributed by atoms with Gasteiger partial charge >= 0.3 is 0 Å². The van der Waals surface area contributed by atoms with Crippen molar-refractivity contribution in [2.24, 2.45) is 0 Å². The lowest BCUT2D eigenvalue weighted by atomic mass is 9.89. The number of hydrogen-bond acceptors (Lipinski definition) is 5. The van der Waals surface area contributed by atoms with Crippen molar-refractivity contribution in [3.05, 3.63) is 23.8 Å². The highest BCUT2D eigenvalue weighted by Gasteiger charge is 2.30. The molecule has 3 fully saturated rings. The highest BCUT2D eigenvalue weighted by Crippen LogP contribution is 2.30. The molecule has 1 N–H and O–H groups in total. The maximum absolute atomic E-state index is 12.6. The normalized spacial score (nSPS) is 25.5. The molecule has 4 rings (SSSR count). The van der Waals surface area contributed by atoms with Gasteiger partial charge in [0.2, 0.25) is 5.91 Å². The molecule has 2 aliphatic heterocycles. The van der Waals surface area contributed by atoms with Crippen molar-refractivity contribution in [1.82, 2.24) is 25.1 Å². The van der Waals surface area contributed by atoms with Gasteiger partial charge in [-0.05, 0) is 25.7 Å². The van der Waals surface area contributed by atoms with Gasteiger partial charge in [-0.1, -0.05) is 19.3 Å². The second-order valence-electron chi connectivity index (χ2n) is 8.06. The third-order valence-electron chi connectivity index (χ3n) is 6.08. The van der Waals surface area contributed by atoms with Crippen molar-refractivity contribution in [1.29, 1.82) is 0 Å². The molecule has 1 aromatic rings. The minimum absolute atomic E-state index is 0.0655. The number of nitrogens with zero attached hydrogens (tertiary/aromatic N) is 4. The number of amides is 1. The number of nitrogens with one attached hydrogen (secondary N) is 1. The first-order chi connectivity index (χ1) is 12.8.